The first-order valence-corrected chi connectivity index (χ1v) is 8.54. The minimum atomic E-state index is -0.0220. The summed E-state index contributed by atoms with van der Waals surface area (Å²) in [7, 11) is 0. The van der Waals surface area contributed by atoms with Crippen molar-refractivity contribution in [3.05, 3.63) is 51.2 Å². The van der Waals surface area contributed by atoms with Crippen molar-refractivity contribution < 1.29 is 9.53 Å². The molecule has 1 aliphatic carbocycles. The second-order valence-electron chi connectivity index (χ2n) is 4.97. The topological polar surface area (TPSA) is 29.5 Å². The predicted octanol–water partition coefficient (Wildman–Crippen LogP) is 5.11. The summed E-state index contributed by atoms with van der Waals surface area (Å²) in [6.07, 6.45) is 5.21. The largest absolute Gasteiger partial charge is 0.461 e. The summed E-state index contributed by atoms with van der Waals surface area (Å²) in [6.45, 7) is 5.28. The molecule has 1 aromatic carbocycles. The Balaban J connectivity index is 2.30. The molecule has 2 rings (SSSR count). The van der Waals surface area contributed by atoms with E-state index in [-0.39, 0.29) is 5.91 Å². The summed E-state index contributed by atoms with van der Waals surface area (Å²) in [5.74, 6) is 1.38. The molecule has 1 amide bonds. The summed E-state index contributed by atoms with van der Waals surface area (Å²) in [5.41, 5.74) is 0.569. The molecule has 1 aliphatic rings. The Hall–Kier alpha value is -1.26. The summed E-state index contributed by atoms with van der Waals surface area (Å²) >= 11 is 9.38. The van der Waals surface area contributed by atoms with Crippen LogP contribution in [0.15, 0.2) is 45.6 Å². The summed E-state index contributed by atoms with van der Waals surface area (Å²) < 4.78 is 6.80. The average Bonchev–Trinajstić information content (AvgIpc) is 2.52. The minimum Gasteiger partial charge on any atom is -0.461 e. The van der Waals surface area contributed by atoms with E-state index in [0.29, 0.717) is 24.4 Å². The van der Waals surface area contributed by atoms with Crippen molar-refractivity contribution >= 4 is 33.4 Å². The van der Waals surface area contributed by atoms with Gasteiger partial charge in [-0.3, -0.25) is 4.79 Å². The third kappa shape index (κ3) is 4.14. The fourth-order valence-corrected chi connectivity index (χ4v) is 2.78. The maximum atomic E-state index is 12.6. The lowest BCUT2D eigenvalue weighted by Gasteiger charge is -2.21. The van der Waals surface area contributed by atoms with E-state index in [1.807, 2.05) is 44.2 Å². The Morgan fingerprint density at radius 2 is 2.00 bits per heavy atom. The molecule has 5 heteroatoms. The van der Waals surface area contributed by atoms with Gasteiger partial charge in [0.2, 0.25) is 0 Å². The van der Waals surface area contributed by atoms with Crippen LogP contribution in [0.5, 0.6) is 5.75 Å². The molecule has 0 fully saturated rings. The third-order valence-corrected chi connectivity index (χ3v) is 4.33. The van der Waals surface area contributed by atoms with Crippen molar-refractivity contribution in [3.8, 4) is 5.75 Å². The molecule has 0 N–H and O–H groups in total. The lowest BCUT2D eigenvalue weighted by Crippen LogP contribution is -2.30. The lowest BCUT2D eigenvalue weighted by atomic mass is 10.1. The third-order valence-electron chi connectivity index (χ3n) is 3.52. The van der Waals surface area contributed by atoms with Crippen LogP contribution in [0, 0.1) is 0 Å². The predicted molar refractivity (Wildman–Crippen MR) is 93.3 cm³/mol. The van der Waals surface area contributed by atoms with Gasteiger partial charge in [0.25, 0.3) is 5.91 Å². The molecule has 0 radical (unpaired) electrons. The normalized spacial score (nSPS) is 14.2. The van der Waals surface area contributed by atoms with Crippen LogP contribution in [0.25, 0.3) is 0 Å². The molecule has 22 heavy (non-hydrogen) atoms. The van der Waals surface area contributed by atoms with Gasteiger partial charge in [0.05, 0.1) is 5.56 Å². The number of ether oxygens (including phenoxy) is 1. The molecular weight excluding hydrogens is 366 g/mol. The Morgan fingerprint density at radius 3 is 2.59 bits per heavy atom. The van der Waals surface area contributed by atoms with Gasteiger partial charge in [0.1, 0.15) is 11.5 Å². The molecule has 0 aromatic heterocycles. The SMILES string of the molecule is CCN(CC)C(=O)c1cc(Br)ccc1OC1=CC=C(Cl)CC1. The lowest BCUT2D eigenvalue weighted by molar-refractivity contribution is 0.0770. The van der Waals surface area contributed by atoms with Crippen LogP contribution >= 0.6 is 27.5 Å². The Labute approximate surface area is 144 Å². The smallest absolute Gasteiger partial charge is 0.257 e. The first-order chi connectivity index (χ1) is 10.5. The molecule has 0 aliphatic heterocycles. The van der Waals surface area contributed by atoms with E-state index in [0.717, 1.165) is 28.1 Å². The molecule has 0 unspecified atom stereocenters. The van der Waals surface area contributed by atoms with E-state index in [4.69, 9.17) is 16.3 Å². The molecule has 0 atom stereocenters. The minimum absolute atomic E-state index is 0.0220. The second-order valence-corrected chi connectivity index (χ2v) is 6.37. The van der Waals surface area contributed by atoms with Crippen LogP contribution in [-0.4, -0.2) is 23.9 Å². The number of carbonyl (C=O) groups is 1. The highest BCUT2D eigenvalue weighted by molar-refractivity contribution is 9.10. The van der Waals surface area contributed by atoms with E-state index in [1.165, 1.54) is 0 Å². The zero-order valence-electron chi connectivity index (χ0n) is 12.7. The van der Waals surface area contributed by atoms with Gasteiger partial charge in [0, 0.05) is 29.0 Å². The second kappa shape index (κ2) is 7.84. The first-order valence-electron chi connectivity index (χ1n) is 7.37. The van der Waals surface area contributed by atoms with Crippen LogP contribution in [-0.2, 0) is 0 Å². The number of halogens is 2. The van der Waals surface area contributed by atoms with Gasteiger partial charge < -0.3 is 9.64 Å². The molecule has 3 nitrogen and oxygen atoms in total. The standard InChI is InChI=1S/C17H19BrClNO2/c1-3-20(4-2)17(21)15-11-12(18)5-10-16(15)22-14-8-6-13(19)7-9-14/h5-6,8,10-11H,3-4,7,9H2,1-2H3. The zero-order valence-corrected chi connectivity index (χ0v) is 15.1. The van der Waals surface area contributed by atoms with Crippen molar-refractivity contribution in [2.45, 2.75) is 26.7 Å². The molecule has 0 bridgehead atoms. The van der Waals surface area contributed by atoms with Crippen molar-refractivity contribution in [2.24, 2.45) is 0 Å². The summed E-state index contributed by atoms with van der Waals surface area (Å²) in [5, 5.41) is 0.822. The molecule has 0 heterocycles. The quantitative estimate of drug-likeness (QED) is 0.706. The van der Waals surface area contributed by atoms with E-state index in [1.54, 1.807) is 4.90 Å². The maximum Gasteiger partial charge on any atom is 0.257 e. The number of carbonyl (C=O) groups excluding carboxylic acids is 1. The van der Waals surface area contributed by atoms with Crippen molar-refractivity contribution in [3.63, 3.8) is 0 Å². The van der Waals surface area contributed by atoms with E-state index >= 15 is 0 Å². The number of allylic oxidation sites excluding steroid dienone is 4. The molecule has 0 spiro atoms. The number of rotatable bonds is 5. The van der Waals surface area contributed by atoms with E-state index in [9.17, 15) is 4.79 Å². The molecule has 0 saturated heterocycles. The first kappa shape index (κ1) is 17.1. The highest BCUT2D eigenvalue weighted by Gasteiger charge is 2.19. The highest BCUT2D eigenvalue weighted by atomic mass is 79.9. The molecule has 1 aromatic rings. The van der Waals surface area contributed by atoms with Gasteiger partial charge >= 0.3 is 0 Å². The van der Waals surface area contributed by atoms with Crippen LogP contribution < -0.4 is 4.74 Å². The van der Waals surface area contributed by atoms with Crippen LogP contribution in [0.3, 0.4) is 0 Å². The molecule has 0 saturated carbocycles. The number of hydrogen-bond donors (Lipinski definition) is 0. The van der Waals surface area contributed by atoms with Gasteiger partial charge in [-0.15, -0.1) is 0 Å². The van der Waals surface area contributed by atoms with Gasteiger partial charge in [-0.05, 0) is 50.6 Å². The van der Waals surface area contributed by atoms with Gasteiger partial charge in [-0.25, -0.2) is 0 Å². The Bertz CT molecular complexity index is 621. The molecule has 118 valence electrons. The van der Waals surface area contributed by atoms with Crippen molar-refractivity contribution in [2.75, 3.05) is 13.1 Å². The van der Waals surface area contributed by atoms with Crippen LogP contribution in [0.1, 0.15) is 37.0 Å². The fourth-order valence-electron chi connectivity index (χ4n) is 2.26. The van der Waals surface area contributed by atoms with Crippen LogP contribution in [0.2, 0.25) is 0 Å². The van der Waals surface area contributed by atoms with Crippen molar-refractivity contribution in [1.82, 2.24) is 4.90 Å². The Morgan fingerprint density at radius 1 is 1.27 bits per heavy atom. The summed E-state index contributed by atoms with van der Waals surface area (Å²) in [6, 6.07) is 5.50. The fraction of sp³-hybridized carbons (Fsp3) is 0.353. The van der Waals surface area contributed by atoms with Gasteiger partial charge in [-0.2, -0.15) is 0 Å². The monoisotopic (exact) mass is 383 g/mol. The average molecular weight is 385 g/mol. The summed E-state index contributed by atoms with van der Waals surface area (Å²) in [4.78, 5) is 14.4. The van der Waals surface area contributed by atoms with Gasteiger partial charge in [0.15, 0.2) is 0 Å². The van der Waals surface area contributed by atoms with Gasteiger partial charge in [-0.1, -0.05) is 27.5 Å². The number of amides is 1. The highest BCUT2D eigenvalue weighted by Crippen LogP contribution is 2.29. The number of hydrogen-bond acceptors (Lipinski definition) is 2. The van der Waals surface area contributed by atoms with Crippen molar-refractivity contribution in [1.29, 1.82) is 0 Å². The zero-order chi connectivity index (χ0) is 16.1. The number of nitrogens with zero attached hydrogens (tertiary/aromatic N) is 1. The van der Waals surface area contributed by atoms with E-state index < -0.39 is 0 Å². The Kier molecular flexibility index (Phi) is 6.09. The molecular formula is C17H19BrClNO2. The number of benzene rings is 1. The van der Waals surface area contributed by atoms with Crippen LogP contribution in [0.4, 0.5) is 0 Å². The van der Waals surface area contributed by atoms with E-state index in [2.05, 4.69) is 15.9 Å². The maximum absolute atomic E-state index is 12.6.